The Labute approximate surface area is 147 Å². The minimum Gasteiger partial charge on any atom is -0.374 e. The highest BCUT2D eigenvalue weighted by Gasteiger charge is 2.34. The molecule has 6 nitrogen and oxygen atoms in total. The average Bonchev–Trinajstić information content (AvgIpc) is 3.10. The first-order valence-corrected chi connectivity index (χ1v) is 8.71. The van der Waals surface area contributed by atoms with E-state index in [1.807, 2.05) is 51.2 Å². The van der Waals surface area contributed by atoms with Crippen molar-refractivity contribution in [3.8, 4) is 0 Å². The Bertz CT molecular complexity index is 796. The number of Topliss-reactive ketones (excluding diaryl/α,β-unsaturated/α-hetero) is 1. The maximum absolute atomic E-state index is 12.7. The van der Waals surface area contributed by atoms with E-state index in [2.05, 4.69) is 10.4 Å². The number of nitrogens with one attached hydrogen (secondary N) is 1. The van der Waals surface area contributed by atoms with Gasteiger partial charge < -0.3 is 5.32 Å². The smallest absolute Gasteiger partial charge is 0.250 e. The van der Waals surface area contributed by atoms with E-state index in [1.54, 1.807) is 9.58 Å². The molecule has 1 N–H and O–H groups in total. The van der Waals surface area contributed by atoms with Gasteiger partial charge in [0.05, 0.1) is 5.69 Å². The summed E-state index contributed by atoms with van der Waals surface area (Å²) in [6.07, 6.45) is 2.09. The molecule has 1 unspecified atom stereocenters. The molecular formula is C19H24N4O2. The summed E-state index contributed by atoms with van der Waals surface area (Å²) in [4.78, 5) is 26.6. The number of hydrogen-bond acceptors (Lipinski definition) is 4. The van der Waals surface area contributed by atoms with E-state index in [4.69, 9.17) is 0 Å². The van der Waals surface area contributed by atoms with Crippen LogP contribution < -0.4 is 10.2 Å². The molecule has 1 fully saturated rings. The molecule has 0 saturated carbocycles. The van der Waals surface area contributed by atoms with Crippen molar-refractivity contribution in [1.82, 2.24) is 9.78 Å². The predicted octanol–water partition coefficient (Wildman–Crippen LogP) is 2.93. The number of benzene rings is 1. The normalized spacial score (nSPS) is 17.2. The Morgan fingerprint density at radius 1 is 1.36 bits per heavy atom. The van der Waals surface area contributed by atoms with Crippen LogP contribution in [0.4, 0.5) is 11.5 Å². The van der Waals surface area contributed by atoms with Crippen LogP contribution in [0.2, 0.25) is 0 Å². The fourth-order valence-corrected chi connectivity index (χ4v) is 3.25. The SMILES string of the molecule is CCCC(=O)c1cccc(NC2CCN(c3cc(C)nn3C)C2=O)c1. The highest BCUT2D eigenvalue weighted by atomic mass is 16.2. The van der Waals surface area contributed by atoms with Gasteiger partial charge in [0.2, 0.25) is 0 Å². The van der Waals surface area contributed by atoms with Crippen LogP contribution in [-0.2, 0) is 11.8 Å². The molecule has 1 aromatic carbocycles. The van der Waals surface area contributed by atoms with E-state index in [0.717, 1.165) is 30.0 Å². The first kappa shape index (κ1) is 17.2. The Morgan fingerprint density at radius 2 is 2.16 bits per heavy atom. The van der Waals surface area contributed by atoms with Gasteiger partial charge >= 0.3 is 0 Å². The zero-order valence-corrected chi connectivity index (χ0v) is 15.0. The van der Waals surface area contributed by atoms with Crippen LogP contribution in [0.1, 0.15) is 42.2 Å². The van der Waals surface area contributed by atoms with Crippen molar-refractivity contribution >= 4 is 23.2 Å². The standard InChI is InChI=1S/C19H24N4O2/c1-4-6-17(24)14-7-5-8-15(12-14)20-16-9-10-23(19(16)25)18-11-13(2)21-22(18)3/h5,7-8,11-12,16,20H,4,6,9-10H2,1-3H3. The highest BCUT2D eigenvalue weighted by molar-refractivity contribution is 6.01. The summed E-state index contributed by atoms with van der Waals surface area (Å²) < 4.78 is 1.74. The number of nitrogens with zero attached hydrogens (tertiary/aromatic N) is 3. The molecule has 132 valence electrons. The molecule has 1 aromatic heterocycles. The van der Waals surface area contributed by atoms with E-state index < -0.39 is 0 Å². The molecule has 2 aromatic rings. The van der Waals surface area contributed by atoms with Crippen molar-refractivity contribution in [2.75, 3.05) is 16.8 Å². The quantitative estimate of drug-likeness (QED) is 0.821. The summed E-state index contributed by atoms with van der Waals surface area (Å²) in [7, 11) is 1.85. The lowest BCUT2D eigenvalue weighted by Crippen LogP contribution is -2.34. The van der Waals surface area contributed by atoms with Crippen LogP contribution in [0.25, 0.3) is 0 Å². The summed E-state index contributed by atoms with van der Waals surface area (Å²) in [6, 6.07) is 9.04. The monoisotopic (exact) mass is 340 g/mol. The van der Waals surface area contributed by atoms with Crippen LogP contribution in [-0.4, -0.2) is 34.1 Å². The van der Waals surface area contributed by atoms with Crippen LogP contribution in [0.15, 0.2) is 30.3 Å². The van der Waals surface area contributed by atoms with Gasteiger partial charge in [-0.1, -0.05) is 19.1 Å². The second-order valence-corrected chi connectivity index (χ2v) is 6.50. The molecule has 1 atom stereocenters. The second-order valence-electron chi connectivity index (χ2n) is 6.50. The molecule has 1 aliphatic heterocycles. The molecule has 0 spiro atoms. The molecular weight excluding hydrogens is 316 g/mol. The molecule has 6 heteroatoms. The number of hydrogen-bond donors (Lipinski definition) is 1. The molecule has 1 aliphatic rings. The zero-order valence-electron chi connectivity index (χ0n) is 15.0. The van der Waals surface area contributed by atoms with Crippen molar-refractivity contribution in [2.45, 2.75) is 39.2 Å². The third-order valence-electron chi connectivity index (χ3n) is 4.46. The number of carbonyl (C=O) groups is 2. The molecule has 3 rings (SSSR count). The Hall–Kier alpha value is -2.63. The van der Waals surface area contributed by atoms with E-state index in [-0.39, 0.29) is 17.7 Å². The second kappa shape index (κ2) is 7.09. The minimum absolute atomic E-state index is 0.0355. The Morgan fingerprint density at radius 3 is 2.84 bits per heavy atom. The maximum Gasteiger partial charge on any atom is 0.250 e. The van der Waals surface area contributed by atoms with Gasteiger partial charge in [0.15, 0.2) is 5.78 Å². The fourth-order valence-electron chi connectivity index (χ4n) is 3.25. The van der Waals surface area contributed by atoms with Gasteiger partial charge in [0.1, 0.15) is 11.9 Å². The van der Waals surface area contributed by atoms with Crippen molar-refractivity contribution in [1.29, 1.82) is 0 Å². The lowest BCUT2D eigenvalue weighted by molar-refractivity contribution is -0.117. The minimum atomic E-state index is -0.285. The van der Waals surface area contributed by atoms with Gasteiger partial charge in [-0.2, -0.15) is 5.10 Å². The Kier molecular flexibility index (Phi) is 4.88. The lowest BCUT2D eigenvalue weighted by atomic mass is 10.1. The van der Waals surface area contributed by atoms with Crippen molar-refractivity contribution in [3.05, 3.63) is 41.6 Å². The van der Waals surface area contributed by atoms with Crippen LogP contribution in [0.3, 0.4) is 0 Å². The summed E-state index contributed by atoms with van der Waals surface area (Å²) in [5.74, 6) is 0.989. The van der Waals surface area contributed by atoms with Crippen molar-refractivity contribution in [2.24, 2.45) is 7.05 Å². The molecule has 0 radical (unpaired) electrons. The van der Waals surface area contributed by atoms with Gasteiger partial charge in [0.25, 0.3) is 5.91 Å². The van der Waals surface area contributed by atoms with Crippen LogP contribution in [0, 0.1) is 6.92 Å². The van der Waals surface area contributed by atoms with Crippen molar-refractivity contribution < 1.29 is 9.59 Å². The van der Waals surface area contributed by atoms with Crippen LogP contribution >= 0.6 is 0 Å². The molecule has 0 aliphatic carbocycles. The fraction of sp³-hybridized carbons (Fsp3) is 0.421. The van der Waals surface area contributed by atoms with E-state index in [0.29, 0.717) is 18.5 Å². The molecule has 25 heavy (non-hydrogen) atoms. The van der Waals surface area contributed by atoms with Crippen molar-refractivity contribution in [3.63, 3.8) is 0 Å². The number of aromatic nitrogens is 2. The first-order valence-electron chi connectivity index (χ1n) is 8.71. The van der Waals surface area contributed by atoms with Crippen LogP contribution in [0.5, 0.6) is 0 Å². The number of anilines is 2. The molecule has 0 bridgehead atoms. The number of aryl methyl sites for hydroxylation is 2. The first-order chi connectivity index (χ1) is 12.0. The summed E-state index contributed by atoms with van der Waals surface area (Å²) in [5.41, 5.74) is 2.39. The predicted molar refractivity (Wildman–Crippen MR) is 98.0 cm³/mol. The van der Waals surface area contributed by atoms with E-state index in [9.17, 15) is 9.59 Å². The third-order valence-corrected chi connectivity index (χ3v) is 4.46. The molecule has 2 heterocycles. The third kappa shape index (κ3) is 3.57. The number of ketones is 1. The summed E-state index contributed by atoms with van der Waals surface area (Å²) >= 11 is 0. The summed E-state index contributed by atoms with van der Waals surface area (Å²) in [6.45, 7) is 4.56. The van der Waals surface area contributed by atoms with E-state index in [1.165, 1.54) is 0 Å². The lowest BCUT2D eigenvalue weighted by Gasteiger charge is -2.17. The topological polar surface area (TPSA) is 67.2 Å². The summed E-state index contributed by atoms with van der Waals surface area (Å²) in [5, 5.41) is 7.59. The van der Waals surface area contributed by atoms with Gasteiger partial charge in [-0.25, -0.2) is 0 Å². The highest BCUT2D eigenvalue weighted by Crippen LogP contribution is 2.24. The largest absolute Gasteiger partial charge is 0.374 e. The number of carbonyl (C=O) groups excluding carboxylic acids is 2. The van der Waals surface area contributed by atoms with Gasteiger partial charge in [0, 0.05) is 37.3 Å². The average molecular weight is 340 g/mol. The number of rotatable bonds is 6. The Balaban J connectivity index is 1.72. The van der Waals surface area contributed by atoms with Gasteiger partial charge in [-0.15, -0.1) is 0 Å². The van der Waals surface area contributed by atoms with E-state index >= 15 is 0 Å². The molecule has 1 saturated heterocycles. The number of amides is 1. The zero-order chi connectivity index (χ0) is 18.0. The van der Waals surface area contributed by atoms with Gasteiger partial charge in [-0.3, -0.25) is 19.2 Å². The molecule has 1 amide bonds. The maximum atomic E-state index is 12.7. The van der Waals surface area contributed by atoms with Gasteiger partial charge in [-0.05, 0) is 31.9 Å².